The molecule has 4 aromatic carbocycles. The molecule has 0 bridgehead atoms. The van der Waals surface area contributed by atoms with Crippen LogP contribution in [0.4, 0.5) is 14.9 Å². The lowest BCUT2D eigenvalue weighted by Gasteiger charge is -2.26. The van der Waals surface area contributed by atoms with Crippen molar-refractivity contribution in [2.24, 2.45) is 0 Å². The SMILES string of the molecule is O=C1NC(=O)N(c2ccc(OCc3ccccc3)cc2)C(=O)/C1=C/c1ccc(Cc2ccccc2F)cc1. The van der Waals surface area contributed by atoms with E-state index in [2.05, 4.69) is 5.32 Å². The molecule has 0 spiro atoms. The lowest BCUT2D eigenvalue weighted by Crippen LogP contribution is -2.54. The van der Waals surface area contributed by atoms with Crippen molar-refractivity contribution in [2.45, 2.75) is 13.0 Å². The van der Waals surface area contributed by atoms with Gasteiger partial charge in [0.2, 0.25) is 0 Å². The monoisotopic (exact) mass is 506 g/mol. The van der Waals surface area contributed by atoms with Gasteiger partial charge < -0.3 is 4.74 Å². The molecule has 1 heterocycles. The van der Waals surface area contributed by atoms with E-state index in [1.54, 1.807) is 66.7 Å². The van der Waals surface area contributed by atoms with Crippen molar-refractivity contribution in [3.63, 3.8) is 0 Å². The molecule has 4 aromatic rings. The molecule has 6 nitrogen and oxygen atoms in total. The molecule has 1 aliphatic rings. The summed E-state index contributed by atoms with van der Waals surface area (Å²) in [7, 11) is 0. The number of urea groups is 1. The van der Waals surface area contributed by atoms with Gasteiger partial charge >= 0.3 is 6.03 Å². The maximum atomic E-state index is 14.0. The number of ether oxygens (including phenoxy) is 1. The maximum Gasteiger partial charge on any atom is 0.335 e. The van der Waals surface area contributed by atoms with Crippen molar-refractivity contribution in [1.29, 1.82) is 0 Å². The molecule has 0 saturated carbocycles. The first kappa shape index (κ1) is 24.6. The van der Waals surface area contributed by atoms with Crippen LogP contribution in [0.5, 0.6) is 5.75 Å². The molecule has 0 atom stereocenters. The van der Waals surface area contributed by atoms with Crippen molar-refractivity contribution in [1.82, 2.24) is 5.32 Å². The van der Waals surface area contributed by atoms with Crippen LogP contribution in [0.2, 0.25) is 0 Å². The molecule has 1 N–H and O–H groups in total. The third-order valence-electron chi connectivity index (χ3n) is 6.09. The normalized spacial score (nSPS) is 14.5. The third kappa shape index (κ3) is 5.52. The van der Waals surface area contributed by atoms with Crippen LogP contribution in [0.15, 0.2) is 109 Å². The number of nitrogens with zero attached hydrogens (tertiary/aromatic N) is 1. The van der Waals surface area contributed by atoms with Gasteiger partial charge in [0.1, 0.15) is 23.7 Å². The predicted molar refractivity (Wildman–Crippen MR) is 142 cm³/mol. The molecule has 5 rings (SSSR count). The number of halogens is 1. The Bertz CT molecular complexity index is 1510. The minimum atomic E-state index is -0.824. The fourth-order valence-electron chi connectivity index (χ4n) is 4.08. The number of anilines is 1. The molecule has 188 valence electrons. The Balaban J connectivity index is 1.30. The van der Waals surface area contributed by atoms with E-state index in [-0.39, 0.29) is 11.4 Å². The van der Waals surface area contributed by atoms with Crippen molar-refractivity contribution in [2.75, 3.05) is 4.90 Å². The number of amides is 4. The molecule has 4 amide bonds. The number of carbonyl (C=O) groups is 3. The zero-order valence-electron chi connectivity index (χ0n) is 20.3. The number of barbiturate groups is 1. The predicted octanol–water partition coefficient (Wildman–Crippen LogP) is 5.66. The lowest BCUT2D eigenvalue weighted by molar-refractivity contribution is -0.122. The second-order valence-electron chi connectivity index (χ2n) is 8.74. The van der Waals surface area contributed by atoms with Gasteiger partial charge in [-0.2, -0.15) is 0 Å². The average Bonchev–Trinajstić information content (AvgIpc) is 2.93. The summed E-state index contributed by atoms with van der Waals surface area (Å²) in [6.07, 6.45) is 1.84. The van der Waals surface area contributed by atoms with Gasteiger partial charge in [0.15, 0.2) is 0 Å². The van der Waals surface area contributed by atoms with Crippen LogP contribution < -0.4 is 15.0 Å². The fraction of sp³-hybridized carbons (Fsp3) is 0.0645. The fourth-order valence-corrected chi connectivity index (χ4v) is 4.08. The van der Waals surface area contributed by atoms with E-state index < -0.39 is 17.8 Å². The summed E-state index contributed by atoms with van der Waals surface area (Å²) >= 11 is 0. The number of carbonyl (C=O) groups excluding carboxylic acids is 3. The Morgan fingerprint density at radius 2 is 1.45 bits per heavy atom. The van der Waals surface area contributed by atoms with Crippen LogP contribution in [0, 0.1) is 5.82 Å². The second kappa shape index (κ2) is 10.9. The van der Waals surface area contributed by atoms with Gasteiger partial charge in [-0.05, 0) is 58.7 Å². The molecule has 1 fully saturated rings. The summed E-state index contributed by atoms with van der Waals surface area (Å²) in [4.78, 5) is 39.2. The van der Waals surface area contributed by atoms with Gasteiger partial charge in [-0.15, -0.1) is 0 Å². The first-order valence-electron chi connectivity index (χ1n) is 12.0. The summed E-state index contributed by atoms with van der Waals surface area (Å²) < 4.78 is 19.7. The van der Waals surface area contributed by atoms with E-state index in [1.807, 2.05) is 30.3 Å². The standard InChI is InChI=1S/C31H23FN2O4/c32-28-9-5-4-8-24(28)18-21-10-12-22(13-11-21)19-27-29(35)33-31(37)34(30(27)36)25-14-16-26(17-15-25)38-20-23-6-2-1-3-7-23/h1-17,19H,18,20H2,(H,33,35,37)/b27-19+. The number of rotatable bonds is 7. The van der Waals surface area contributed by atoms with Crippen molar-refractivity contribution >= 4 is 29.6 Å². The first-order chi connectivity index (χ1) is 18.5. The van der Waals surface area contributed by atoms with E-state index in [1.165, 1.54) is 12.1 Å². The van der Waals surface area contributed by atoms with E-state index in [0.29, 0.717) is 35.6 Å². The molecular formula is C31H23FN2O4. The highest BCUT2D eigenvalue weighted by molar-refractivity contribution is 6.39. The number of benzene rings is 4. The Hall–Kier alpha value is -5.04. The second-order valence-corrected chi connectivity index (χ2v) is 8.74. The molecule has 38 heavy (non-hydrogen) atoms. The number of hydrogen-bond acceptors (Lipinski definition) is 4. The molecule has 0 aromatic heterocycles. The van der Waals surface area contributed by atoms with Gasteiger partial charge in [0.25, 0.3) is 11.8 Å². The molecular weight excluding hydrogens is 483 g/mol. The third-order valence-corrected chi connectivity index (χ3v) is 6.09. The highest BCUT2D eigenvalue weighted by Gasteiger charge is 2.36. The minimum absolute atomic E-state index is 0.171. The number of hydrogen-bond donors (Lipinski definition) is 1. The average molecular weight is 507 g/mol. The van der Waals surface area contributed by atoms with Crippen LogP contribution in [0.25, 0.3) is 6.08 Å². The van der Waals surface area contributed by atoms with Crippen LogP contribution in [0.3, 0.4) is 0 Å². The summed E-state index contributed by atoms with van der Waals surface area (Å²) in [5, 5.41) is 2.23. The number of imide groups is 2. The molecule has 0 aliphatic carbocycles. The quantitative estimate of drug-likeness (QED) is 0.259. The smallest absolute Gasteiger partial charge is 0.335 e. The van der Waals surface area contributed by atoms with Crippen molar-refractivity contribution < 1.29 is 23.5 Å². The molecule has 0 radical (unpaired) electrons. The zero-order valence-corrected chi connectivity index (χ0v) is 20.3. The Kier molecular flexibility index (Phi) is 7.08. The van der Waals surface area contributed by atoms with Crippen molar-refractivity contribution in [3.05, 3.63) is 137 Å². The summed E-state index contributed by atoms with van der Waals surface area (Å²) in [5.41, 5.74) is 3.19. The van der Waals surface area contributed by atoms with Gasteiger partial charge in [0, 0.05) is 6.42 Å². The summed E-state index contributed by atoms with van der Waals surface area (Å²) in [6, 6.07) is 29.0. The Morgan fingerprint density at radius 3 is 2.16 bits per heavy atom. The molecule has 0 unspecified atom stereocenters. The topological polar surface area (TPSA) is 75.7 Å². The molecule has 7 heteroatoms. The minimum Gasteiger partial charge on any atom is -0.489 e. The summed E-state index contributed by atoms with van der Waals surface area (Å²) in [6.45, 7) is 0.379. The van der Waals surface area contributed by atoms with E-state index >= 15 is 0 Å². The van der Waals surface area contributed by atoms with Crippen LogP contribution >= 0.6 is 0 Å². The molecule has 1 aliphatic heterocycles. The van der Waals surface area contributed by atoms with Crippen LogP contribution in [0.1, 0.15) is 22.3 Å². The number of nitrogens with one attached hydrogen (secondary N) is 1. The Morgan fingerprint density at radius 1 is 0.763 bits per heavy atom. The van der Waals surface area contributed by atoms with Crippen molar-refractivity contribution in [3.8, 4) is 5.75 Å². The molecule has 1 saturated heterocycles. The summed E-state index contributed by atoms with van der Waals surface area (Å²) in [5.74, 6) is -1.20. The van der Waals surface area contributed by atoms with Gasteiger partial charge in [0.05, 0.1) is 5.69 Å². The largest absolute Gasteiger partial charge is 0.489 e. The van der Waals surface area contributed by atoms with E-state index in [4.69, 9.17) is 4.74 Å². The highest BCUT2D eigenvalue weighted by atomic mass is 19.1. The van der Waals surface area contributed by atoms with Crippen LogP contribution in [-0.2, 0) is 22.6 Å². The van der Waals surface area contributed by atoms with E-state index in [9.17, 15) is 18.8 Å². The van der Waals surface area contributed by atoms with Crippen LogP contribution in [-0.4, -0.2) is 17.8 Å². The highest BCUT2D eigenvalue weighted by Crippen LogP contribution is 2.25. The zero-order chi connectivity index (χ0) is 26.5. The lowest BCUT2D eigenvalue weighted by atomic mass is 10.0. The van der Waals surface area contributed by atoms with Gasteiger partial charge in [-0.25, -0.2) is 14.1 Å². The maximum absolute atomic E-state index is 14.0. The Labute approximate surface area is 219 Å². The van der Waals surface area contributed by atoms with Gasteiger partial charge in [-0.1, -0.05) is 72.8 Å². The van der Waals surface area contributed by atoms with Gasteiger partial charge in [-0.3, -0.25) is 14.9 Å². The first-order valence-corrected chi connectivity index (χ1v) is 12.0. The van der Waals surface area contributed by atoms with E-state index in [0.717, 1.165) is 16.0 Å².